The number of hydrogen-bond acceptors (Lipinski definition) is 2. The van der Waals surface area contributed by atoms with Gasteiger partial charge in [0.15, 0.2) is 0 Å². The van der Waals surface area contributed by atoms with Crippen molar-refractivity contribution in [1.29, 1.82) is 0 Å². The average molecular weight is 103 g/mol. The largest absolute Gasteiger partial charge is 0.317 e. The van der Waals surface area contributed by atoms with Crippen molar-refractivity contribution in [2.45, 2.75) is 26.8 Å². The molecule has 2 N–H and O–H groups in total. The zero-order valence-corrected chi connectivity index (χ0v) is 5.10. The third kappa shape index (κ3) is 2.60. The molecule has 0 spiro atoms. The zero-order valence-electron chi connectivity index (χ0n) is 5.10. The molecule has 0 saturated carbocycles. The Morgan fingerprint density at radius 2 is 1.71 bits per heavy atom. The van der Waals surface area contributed by atoms with Crippen LogP contribution in [-0.4, -0.2) is 11.2 Å². The molecular formula is C5H13NO. The van der Waals surface area contributed by atoms with Crippen LogP contribution in [0.2, 0.25) is 0 Å². The van der Waals surface area contributed by atoms with Gasteiger partial charge in [0.25, 0.3) is 0 Å². The predicted octanol–water partition coefficient (Wildman–Crippen LogP) is 1.01. The second-order valence-electron chi connectivity index (χ2n) is 2.16. The fourth-order valence-corrected chi connectivity index (χ4v) is 0.149. The van der Waals surface area contributed by atoms with E-state index in [-0.39, 0.29) is 6.04 Å². The second-order valence-corrected chi connectivity index (χ2v) is 2.16. The maximum Gasteiger partial charge on any atom is 0.0314 e. The quantitative estimate of drug-likeness (QED) is 0.511. The van der Waals surface area contributed by atoms with Crippen molar-refractivity contribution >= 4 is 0 Å². The van der Waals surface area contributed by atoms with Crippen LogP contribution in [0.25, 0.3) is 0 Å². The summed E-state index contributed by atoms with van der Waals surface area (Å²) in [7, 11) is 0. The van der Waals surface area contributed by atoms with Crippen LogP contribution in [0.15, 0.2) is 0 Å². The van der Waals surface area contributed by atoms with E-state index in [9.17, 15) is 0 Å². The molecule has 1 unspecified atom stereocenters. The molecule has 2 heteroatoms. The summed E-state index contributed by atoms with van der Waals surface area (Å²) in [5.41, 5.74) is 2.16. The summed E-state index contributed by atoms with van der Waals surface area (Å²) in [6.45, 7) is 6.03. The highest BCUT2D eigenvalue weighted by molar-refractivity contribution is 4.56. The van der Waals surface area contributed by atoms with E-state index in [0.717, 1.165) is 0 Å². The first kappa shape index (κ1) is 6.92. The van der Waals surface area contributed by atoms with Gasteiger partial charge in [-0.1, -0.05) is 13.8 Å². The Morgan fingerprint density at radius 1 is 1.29 bits per heavy atom. The monoisotopic (exact) mass is 103 g/mol. The second kappa shape index (κ2) is 2.99. The highest BCUT2D eigenvalue weighted by atomic mass is 16.5. The van der Waals surface area contributed by atoms with Crippen molar-refractivity contribution in [2.75, 3.05) is 0 Å². The first-order chi connectivity index (χ1) is 3.18. The van der Waals surface area contributed by atoms with Crippen molar-refractivity contribution in [3.63, 3.8) is 0 Å². The normalized spacial score (nSPS) is 15.0. The smallest absolute Gasteiger partial charge is 0.0314 e. The third-order valence-corrected chi connectivity index (χ3v) is 1.20. The molecule has 0 heterocycles. The number of rotatable bonds is 2. The Kier molecular flexibility index (Phi) is 2.96. The maximum absolute atomic E-state index is 8.26. The molecule has 2 nitrogen and oxygen atoms in total. The van der Waals surface area contributed by atoms with Gasteiger partial charge in [-0.3, -0.25) is 0 Å². The number of nitrogens with one attached hydrogen (secondary N) is 1. The van der Waals surface area contributed by atoms with Crippen LogP contribution in [-0.2, 0) is 0 Å². The van der Waals surface area contributed by atoms with Crippen LogP contribution < -0.4 is 5.48 Å². The van der Waals surface area contributed by atoms with Crippen LogP contribution >= 0.6 is 0 Å². The Bertz CT molecular complexity index is 45.3. The SMILES string of the molecule is CC(C)C(C)NO. The molecule has 0 bridgehead atoms. The minimum atomic E-state index is 0.208. The summed E-state index contributed by atoms with van der Waals surface area (Å²) in [5.74, 6) is 0.505. The summed E-state index contributed by atoms with van der Waals surface area (Å²) >= 11 is 0. The van der Waals surface area contributed by atoms with Gasteiger partial charge >= 0.3 is 0 Å². The van der Waals surface area contributed by atoms with E-state index in [1.165, 1.54) is 0 Å². The van der Waals surface area contributed by atoms with Gasteiger partial charge in [0.1, 0.15) is 0 Å². The third-order valence-electron chi connectivity index (χ3n) is 1.20. The Hall–Kier alpha value is -0.0800. The molecular weight excluding hydrogens is 90.1 g/mol. The van der Waals surface area contributed by atoms with Crippen LogP contribution in [0.1, 0.15) is 20.8 Å². The van der Waals surface area contributed by atoms with E-state index in [1.807, 2.05) is 20.8 Å². The standard InChI is InChI=1S/C5H13NO/c1-4(2)5(3)6-7/h4-7H,1-3H3. The van der Waals surface area contributed by atoms with Gasteiger partial charge in [0.05, 0.1) is 0 Å². The molecule has 0 amide bonds. The van der Waals surface area contributed by atoms with Crippen molar-refractivity contribution in [3.05, 3.63) is 0 Å². The lowest BCUT2D eigenvalue weighted by Gasteiger charge is -2.11. The van der Waals surface area contributed by atoms with Gasteiger partial charge in [0.2, 0.25) is 0 Å². The van der Waals surface area contributed by atoms with E-state index in [0.29, 0.717) is 5.92 Å². The molecule has 0 aromatic carbocycles. The molecule has 44 valence electrons. The van der Waals surface area contributed by atoms with Gasteiger partial charge in [-0.2, -0.15) is 0 Å². The summed E-state index contributed by atoms with van der Waals surface area (Å²) in [6, 6.07) is 0.208. The van der Waals surface area contributed by atoms with Crippen molar-refractivity contribution < 1.29 is 5.21 Å². The maximum atomic E-state index is 8.26. The predicted molar refractivity (Wildman–Crippen MR) is 29.2 cm³/mol. The Labute approximate surface area is 44.5 Å². The van der Waals surface area contributed by atoms with E-state index >= 15 is 0 Å². The van der Waals surface area contributed by atoms with Gasteiger partial charge in [-0.05, 0) is 12.8 Å². The van der Waals surface area contributed by atoms with Gasteiger partial charge in [-0.25, -0.2) is 5.48 Å². The van der Waals surface area contributed by atoms with Crippen molar-refractivity contribution in [1.82, 2.24) is 5.48 Å². The van der Waals surface area contributed by atoms with Gasteiger partial charge in [-0.15, -0.1) is 0 Å². The molecule has 7 heavy (non-hydrogen) atoms. The lowest BCUT2D eigenvalue weighted by molar-refractivity contribution is 0.113. The van der Waals surface area contributed by atoms with E-state index in [4.69, 9.17) is 5.21 Å². The Morgan fingerprint density at radius 3 is 1.71 bits per heavy atom. The molecule has 0 saturated heterocycles. The Balaban J connectivity index is 3.14. The molecule has 0 radical (unpaired) electrons. The molecule has 0 aromatic rings. The lowest BCUT2D eigenvalue weighted by Crippen LogP contribution is -2.27. The highest BCUT2D eigenvalue weighted by Gasteiger charge is 2.01. The number of hydrogen-bond donors (Lipinski definition) is 2. The molecule has 0 fully saturated rings. The fraction of sp³-hybridized carbons (Fsp3) is 1.00. The molecule has 0 aliphatic carbocycles. The van der Waals surface area contributed by atoms with Gasteiger partial charge in [0, 0.05) is 6.04 Å². The van der Waals surface area contributed by atoms with E-state index in [1.54, 1.807) is 0 Å². The lowest BCUT2D eigenvalue weighted by atomic mass is 10.1. The molecule has 0 rings (SSSR count). The van der Waals surface area contributed by atoms with E-state index in [2.05, 4.69) is 5.48 Å². The van der Waals surface area contributed by atoms with Crippen molar-refractivity contribution in [2.24, 2.45) is 5.92 Å². The van der Waals surface area contributed by atoms with Crippen LogP contribution in [0.4, 0.5) is 0 Å². The van der Waals surface area contributed by atoms with Crippen molar-refractivity contribution in [3.8, 4) is 0 Å². The zero-order chi connectivity index (χ0) is 5.86. The summed E-state index contributed by atoms with van der Waals surface area (Å²) in [5, 5.41) is 8.26. The van der Waals surface area contributed by atoms with Crippen LogP contribution in [0.3, 0.4) is 0 Å². The summed E-state index contributed by atoms with van der Waals surface area (Å²) < 4.78 is 0. The number of hydroxylamine groups is 1. The topological polar surface area (TPSA) is 32.3 Å². The minimum absolute atomic E-state index is 0.208. The van der Waals surface area contributed by atoms with Gasteiger partial charge < -0.3 is 5.21 Å². The average Bonchev–Trinajstić information content (AvgIpc) is 1.65. The van der Waals surface area contributed by atoms with Crippen LogP contribution in [0.5, 0.6) is 0 Å². The fourth-order valence-electron chi connectivity index (χ4n) is 0.149. The highest BCUT2D eigenvalue weighted by Crippen LogP contribution is 1.96. The van der Waals surface area contributed by atoms with E-state index < -0.39 is 0 Å². The molecule has 0 aliphatic heterocycles. The molecule has 0 aromatic heterocycles. The summed E-state index contributed by atoms with van der Waals surface area (Å²) in [4.78, 5) is 0. The molecule has 0 aliphatic rings. The first-order valence-electron chi connectivity index (χ1n) is 2.58. The minimum Gasteiger partial charge on any atom is -0.317 e. The summed E-state index contributed by atoms with van der Waals surface area (Å²) in [6.07, 6.45) is 0. The van der Waals surface area contributed by atoms with Crippen LogP contribution in [0, 0.1) is 5.92 Å². The molecule has 1 atom stereocenters. The first-order valence-corrected chi connectivity index (χ1v) is 2.58.